The molecule has 7 nitrogen and oxygen atoms in total. The summed E-state index contributed by atoms with van der Waals surface area (Å²) in [5.74, 6) is 0.0921. The highest BCUT2D eigenvalue weighted by molar-refractivity contribution is 5.61. The number of aromatic nitrogens is 2. The largest absolute Gasteiger partial charge is 0.476 e. The molecule has 0 saturated carbocycles. The highest BCUT2D eigenvalue weighted by atomic mass is 16.6. The first-order valence-electron chi connectivity index (χ1n) is 5.01. The van der Waals surface area contributed by atoms with Crippen LogP contribution in [0.15, 0.2) is 19.0 Å². The van der Waals surface area contributed by atoms with E-state index in [1.807, 2.05) is 6.92 Å². The predicted molar refractivity (Wildman–Crippen MR) is 63.1 cm³/mol. The van der Waals surface area contributed by atoms with Crippen molar-refractivity contribution >= 4 is 11.5 Å². The summed E-state index contributed by atoms with van der Waals surface area (Å²) >= 11 is 0. The maximum atomic E-state index is 10.9. The summed E-state index contributed by atoms with van der Waals surface area (Å²) in [7, 11) is 1.33. The number of anilines is 1. The van der Waals surface area contributed by atoms with Gasteiger partial charge in [-0.2, -0.15) is 4.98 Å². The van der Waals surface area contributed by atoms with E-state index < -0.39 is 4.92 Å². The molecule has 1 heterocycles. The molecule has 1 rings (SSSR count). The Bertz CT molecular complexity index is 422. The molecule has 1 aromatic heterocycles. The molecule has 1 aromatic rings. The molecule has 1 N–H and O–H groups in total. The van der Waals surface area contributed by atoms with E-state index in [-0.39, 0.29) is 23.4 Å². The Morgan fingerprint density at radius 2 is 2.41 bits per heavy atom. The van der Waals surface area contributed by atoms with Crippen molar-refractivity contribution in [2.24, 2.45) is 0 Å². The number of nitrogens with zero attached hydrogens (tertiary/aromatic N) is 3. The summed E-state index contributed by atoms with van der Waals surface area (Å²) in [6, 6.07) is -0.00851. The number of nitrogens with one attached hydrogen (secondary N) is 1. The van der Waals surface area contributed by atoms with Crippen LogP contribution >= 0.6 is 0 Å². The van der Waals surface area contributed by atoms with Crippen LogP contribution in [0.5, 0.6) is 5.88 Å². The average Bonchev–Trinajstić information content (AvgIpc) is 2.28. The zero-order chi connectivity index (χ0) is 12.8. The predicted octanol–water partition coefficient (Wildman–Crippen LogP) is 1.77. The van der Waals surface area contributed by atoms with Crippen molar-refractivity contribution in [2.75, 3.05) is 12.4 Å². The van der Waals surface area contributed by atoms with E-state index in [9.17, 15) is 10.1 Å². The van der Waals surface area contributed by atoms with Crippen molar-refractivity contribution in [3.05, 3.63) is 29.1 Å². The fourth-order valence-electron chi connectivity index (χ4n) is 1.32. The second-order valence-electron chi connectivity index (χ2n) is 3.41. The Morgan fingerprint density at radius 1 is 1.71 bits per heavy atom. The summed E-state index contributed by atoms with van der Waals surface area (Å²) in [4.78, 5) is 17.9. The molecular weight excluding hydrogens is 224 g/mol. The Labute approximate surface area is 98.7 Å². The third kappa shape index (κ3) is 3.13. The van der Waals surface area contributed by atoms with Crippen molar-refractivity contribution in [1.82, 2.24) is 9.97 Å². The molecule has 0 bridgehead atoms. The number of ether oxygens (including phenoxy) is 1. The van der Waals surface area contributed by atoms with E-state index in [1.165, 1.54) is 13.4 Å². The van der Waals surface area contributed by atoms with Gasteiger partial charge in [-0.15, -0.1) is 6.58 Å². The fraction of sp³-hybridized carbons (Fsp3) is 0.400. The van der Waals surface area contributed by atoms with Crippen LogP contribution in [0, 0.1) is 10.1 Å². The van der Waals surface area contributed by atoms with E-state index in [2.05, 4.69) is 21.9 Å². The molecule has 0 spiro atoms. The number of hydrogen-bond acceptors (Lipinski definition) is 6. The number of rotatable bonds is 6. The van der Waals surface area contributed by atoms with Crippen LogP contribution in [0.4, 0.5) is 11.5 Å². The summed E-state index contributed by atoms with van der Waals surface area (Å²) in [6.07, 6.45) is 3.61. The average molecular weight is 238 g/mol. The molecule has 1 atom stereocenters. The van der Waals surface area contributed by atoms with Crippen LogP contribution in [-0.2, 0) is 0 Å². The van der Waals surface area contributed by atoms with E-state index in [4.69, 9.17) is 4.74 Å². The van der Waals surface area contributed by atoms with Gasteiger partial charge in [0.1, 0.15) is 6.33 Å². The van der Waals surface area contributed by atoms with E-state index >= 15 is 0 Å². The lowest BCUT2D eigenvalue weighted by Crippen LogP contribution is -2.16. The molecule has 0 aliphatic carbocycles. The van der Waals surface area contributed by atoms with Crippen molar-refractivity contribution < 1.29 is 9.66 Å². The highest BCUT2D eigenvalue weighted by Gasteiger charge is 2.24. The minimum atomic E-state index is -0.568. The Kier molecular flexibility index (Phi) is 4.38. The van der Waals surface area contributed by atoms with Gasteiger partial charge in [-0.05, 0) is 13.3 Å². The lowest BCUT2D eigenvalue weighted by molar-refractivity contribution is -0.385. The maximum Gasteiger partial charge on any atom is 0.372 e. The SMILES string of the molecule is C=CCC(C)Nc1ncnc(OC)c1[N+](=O)[O-]. The van der Waals surface area contributed by atoms with Crippen molar-refractivity contribution in [3.8, 4) is 5.88 Å². The number of nitro groups is 1. The standard InChI is InChI=1S/C10H14N4O3/c1-4-5-7(2)13-9-8(14(15)16)10(17-3)12-6-11-9/h4,6-7H,1,5H2,2-3H3,(H,11,12,13). The summed E-state index contributed by atoms with van der Waals surface area (Å²) in [6.45, 7) is 5.48. The van der Waals surface area contributed by atoms with E-state index in [0.717, 1.165) is 0 Å². The van der Waals surface area contributed by atoms with Crippen molar-refractivity contribution in [2.45, 2.75) is 19.4 Å². The summed E-state index contributed by atoms with van der Waals surface area (Å²) < 4.78 is 4.84. The topological polar surface area (TPSA) is 90.2 Å². The molecule has 0 aliphatic rings. The van der Waals surface area contributed by atoms with Crippen molar-refractivity contribution in [3.63, 3.8) is 0 Å². The molecule has 1 unspecified atom stereocenters. The molecule has 17 heavy (non-hydrogen) atoms. The highest BCUT2D eigenvalue weighted by Crippen LogP contribution is 2.30. The van der Waals surface area contributed by atoms with Gasteiger partial charge in [0.15, 0.2) is 0 Å². The van der Waals surface area contributed by atoms with E-state index in [1.54, 1.807) is 6.08 Å². The van der Waals surface area contributed by atoms with Crippen molar-refractivity contribution in [1.29, 1.82) is 0 Å². The quantitative estimate of drug-likeness (QED) is 0.461. The molecule has 0 saturated heterocycles. The van der Waals surface area contributed by atoms with Crippen LogP contribution in [0.3, 0.4) is 0 Å². The van der Waals surface area contributed by atoms with Crippen LogP contribution in [0.1, 0.15) is 13.3 Å². The molecule has 0 aromatic carbocycles. The maximum absolute atomic E-state index is 10.9. The van der Waals surface area contributed by atoms with Crippen LogP contribution in [0.25, 0.3) is 0 Å². The van der Waals surface area contributed by atoms with Gasteiger partial charge in [-0.3, -0.25) is 10.1 Å². The minimum Gasteiger partial charge on any atom is -0.476 e. The Hall–Kier alpha value is -2.18. The zero-order valence-electron chi connectivity index (χ0n) is 9.71. The Balaban J connectivity index is 3.05. The molecule has 7 heteroatoms. The second kappa shape index (κ2) is 5.78. The third-order valence-electron chi connectivity index (χ3n) is 2.07. The van der Waals surface area contributed by atoms with Gasteiger partial charge in [-0.1, -0.05) is 6.08 Å². The molecule has 92 valence electrons. The second-order valence-corrected chi connectivity index (χ2v) is 3.41. The van der Waals surface area contributed by atoms with Gasteiger partial charge in [-0.25, -0.2) is 4.98 Å². The molecule has 0 aliphatic heterocycles. The van der Waals surface area contributed by atoms with Crippen LogP contribution < -0.4 is 10.1 Å². The molecule has 0 radical (unpaired) electrons. The van der Waals surface area contributed by atoms with Gasteiger partial charge >= 0.3 is 5.69 Å². The fourth-order valence-corrected chi connectivity index (χ4v) is 1.32. The smallest absolute Gasteiger partial charge is 0.372 e. The van der Waals surface area contributed by atoms with E-state index in [0.29, 0.717) is 6.42 Å². The first kappa shape index (κ1) is 12.9. The lowest BCUT2D eigenvalue weighted by atomic mass is 10.2. The molecular formula is C10H14N4O3. The third-order valence-corrected chi connectivity index (χ3v) is 2.07. The summed E-state index contributed by atoms with van der Waals surface area (Å²) in [5.41, 5.74) is -0.258. The first-order valence-corrected chi connectivity index (χ1v) is 5.01. The Morgan fingerprint density at radius 3 is 2.94 bits per heavy atom. The zero-order valence-corrected chi connectivity index (χ0v) is 9.71. The number of hydrogen-bond donors (Lipinski definition) is 1. The van der Waals surface area contributed by atoms with Crippen LogP contribution in [-0.4, -0.2) is 28.0 Å². The van der Waals surface area contributed by atoms with Gasteiger partial charge in [0, 0.05) is 6.04 Å². The minimum absolute atomic E-state index is 0.00851. The normalized spacial score (nSPS) is 11.6. The lowest BCUT2D eigenvalue weighted by Gasteiger charge is -2.12. The van der Waals surface area contributed by atoms with Crippen LogP contribution in [0.2, 0.25) is 0 Å². The number of methoxy groups -OCH3 is 1. The van der Waals surface area contributed by atoms with Gasteiger partial charge in [0.05, 0.1) is 12.0 Å². The summed E-state index contributed by atoms with van der Waals surface area (Å²) in [5, 5.41) is 13.8. The molecule has 0 amide bonds. The van der Waals surface area contributed by atoms with Gasteiger partial charge in [0.2, 0.25) is 5.82 Å². The first-order chi connectivity index (χ1) is 8.10. The van der Waals surface area contributed by atoms with Gasteiger partial charge < -0.3 is 10.1 Å². The van der Waals surface area contributed by atoms with Gasteiger partial charge in [0.25, 0.3) is 5.88 Å². The molecule has 0 fully saturated rings. The monoisotopic (exact) mass is 238 g/mol.